The first-order chi connectivity index (χ1) is 12.0. The Labute approximate surface area is 162 Å². The number of benzene rings is 2. The molecule has 0 saturated heterocycles. The maximum atomic E-state index is 12.5. The Balaban J connectivity index is 2.25. The van der Waals surface area contributed by atoms with Gasteiger partial charge in [0.05, 0.1) is 23.8 Å². The molecule has 0 aliphatic heterocycles. The van der Waals surface area contributed by atoms with Crippen molar-refractivity contribution in [2.75, 3.05) is 13.7 Å². The van der Waals surface area contributed by atoms with Crippen LogP contribution in [-0.4, -0.2) is 25.7 Å². The van der Waals surface area contributed by atoms with Crippen LogP contribution in [0.5, 0.6) is 11.5 Å². The molecule has 0 aromatic heterocycles. The predicted octanol–water partition coefficient (Wildman–Crippen LogP) is 5.01. The Morgan fingerprint density at radius 1 is 1.00 bits per heavy atom. The summed E-state index contributed by atoms with van der Waals surface area (Å²) in [6.45, 7) is 2.48. The fraction of sp³-hybridized carbons (Fsp3) is 0.222. The van der Waals surface area contributed by atoms with Crippen LogP contribution in [0.25, 0.3) is 0 Å². The molecule has 0 atom stereocenters. The number of esters is 2. The molecule has 0 N–H and O–H groups in total. The summed E-state index contributed by atoms with van der Waals surface area (Å²) in [6.07, 6.45) is 0.824. The van der Waals surface area contributed by atoms with Crippen LogP contribution in [0.4, 0.5) is 0 Å². The van der Waals surface area contributed by atoms with E-state index < -0.39 is 11.9 Å². The van der Waals surface area contributed by atoms with Crippen LogP contribution >= 0.6 is 31.9 Å². The Kier molecular flexibility index (Phi) is 7.01. The van der Waals surface area contributed by atoms with E-state index in [1.807, 2.05) is 6.92 Å². The fourth-order valence-electron chi connectivity index (χ4n) is 1.98. The Bertz CT molecular complexity index is 789. The molecular weight excluding hydrogens is 456 g/mol. The van der Waals surface area contributed by atoms with Gasteiger partial charge in [0.2, 0.25) is 0 Å². The van der Waals surface area contributed by atoms with Crippen molar-refractivity contribution in [2.24, 2.45) is 0 Å². The van der Waals surface area contributed by atoms with Crippen LogP contribution in [0.1, 0.15) is 34.1 Å². The molecule has 0 radical (unpaired) electrons. The van der Waals surface area contributed by atoms with Gasteiger partial charge in [-0.1, -0.05) is 22.9 Å². The summed E-state index contributed by atoms with van der Waals surface area (Å²) in [4.78, 5) is 24.1. The van der Waals surface area contributed by atoms with E-state index in [1.165, 1.54) is 25.3 Å². The minimum Gasteiger partial charge on any atom is -0.493 e. The molecule has 25 heavy (non-hydrogen) atoms. The monoisotopic (exact) mass is 470 g/mol. The summed E-state index contributed by atoms with van der Waals surface area (Å²) < 4.78 is 16.9. The minimum absolute atomic E-state index is 0.291. The van der Waals surface area contributed by atoms with Gasteiger partial charge in [-0.3, -0.25) is 0 Å². The Morgan fingerprint density at radius 3 is 2.36 bits per heavy atom. The van der Waals surface area contributed by atoms with Gasteiger partial charge in [-0.25, -0.2) is 9.59 Å². The van der Waals surface area contributed by atoms with Crippen molar-refractivity contribution in [3.63, 3.8) is 0 Å². The van der Waals surface area contributed by atoms with E-state index in [4.69, 9.17) is 9.47 Å². The molecule has 0 aliphatic rings. The van der Waals surface area contributed by atoms with E-state index in [0.29, 0.717) is 33.7 Å². The number of rotatable bonds is 6. The van der Waals surface area contributed by atoms with Gasteiger partial charge in [-0.05, 0) is 58.7 Å². The normalized spacial score (nSPS) is 10.2. The van der Waals surface area contributed by atoms with Gasteiger partial charge < -0.3 is 14.2 Å². The second-order valence-electron chi connectivity index (χ2n) is 5.02. The van der Waals surface area contributed by atoms with E-state index >= 15 is 0 Å². The summed E-state index contributed by atoms with van der Waals surface area (Å²) >= 11 is 6.64. The number of halogens is 2. The molecule has 0 unspecified atom stereocenters. The third-order valence-corrected chi connectivity index (χ3v) is 4.29. The standard InChI is InChI=1S/C18H16Br2O5/c1-3-8-24-15-7-5-12(19)10-13(15)18(22)25-16-6-4-11(9-14(16)20)17(21)23-2/h4-7,9-10H,3,8H2,1-2H3. The van der Waals surface area contributed by atoms with Crippen molar-refractivity contribution in [1.29, 1.82) is 0 Å². The lowest BCUT2D eigenvalue weighted by molar-refractivity contribution is 0.0600. The van der Waals surface area contributed by atoms with Crippen LogP contribution < -0.4 is 9.47 Å². The zero-order chi connectivity index (χ0) is 18.4. The summed E-state index contributed by atoms with van der Waals surface area (Å²) in [5.74, 6) is -0.281. The molecule has 0 saturated carbocycles. The summed E-state index contributed by atoms with van der Waals surface area (Å²) in [5, 5.41) is 0. The topological polar surface area (TPSA) is 61.8 Å². The average molecular weight is 472 g/mol. The van der Waals surface area contributed by atoms with Crippen LogP contribution in [0.15, 0.2) is 45.3 Å². The van der Waals surface area contributed by atoms with Gasteiger partial charge in [0, 0.05) is 4.47 Å². The number of hydrogen-bond acceptors (Lipinski definition) is 5. The highest BCUT2D eigenvalue weighted by Crippen LogP contribution is 2.29. The lowest BCUT2D eigenvalue weighted by Crippen LogP contribution is -2.12. The third-order valence-electron chi connectivity index (χ3n) is 3.18. The van der Waals surface area contributed by atoms with Gasteiger partial charge in [0.25, 0.3) is 0 Å². The maximum absolute atomic E-state index is 12.5. The van der Waals surface area contributed by atoms with Crippen LogP contribution in [-0.2, 0) is 4.74 Å². The third kappa shape index (κ3) is 5.06. The lowest BCUT2D eigenvalue weighted by atomic mass is 10.2. The van der Waals surface area contributed by atoms with E-state index in [-0.39, 0.29) is 0 Å². The van der Waals surface area contributed by atoms with Crippen LogP contribution in [0, 0.1) is 0 Å². The molecule has 7 heteroatoms. The largest absolute Gasteiger partial charge is 0.493 e. The maximum Gasteiger partial charge on any atom is 0.347 e. The highest BCUT2D eigenvalue weighted by atomic mass is 79.9. The Morgan fingerprint density at radius 2 is 1.72 bits per heavy atom. The van der Waals surface area contributed by atoms with Crippen LogP contribution in [0.3, 0.4) is 0 Å². The predicted molar refractivity (Wildman–Crippen MR) is 100 cm³/mol. The summed E-state index contributed by atoms with van der Waals surface area (Å²) in [5.41, 5.74) is 0.662. The van der Waals surface area contributed by atoms with E-state index in [9.17, 15) is 9.59 Å². The first-order valence-electron chi connectivity index (χ1n) is 7.48. The molecule has 0 spiro atoms. The highest BCUT2D eigenvalue weighted by molar-refractivity contribution is 9.10. The smallest absolute Gasteiger partial charge is 0.347 e. The number of carbonyl (C=O) groups excluding carboxylic acids is 2. The van der Waals surface area contributed by atoms with Crippen molar-refractivity contribution in [1.82, 2.24) is 0 Å². The van der Waals surface area contributed by atoms with Crippen LogP contribution in [0.2, 0.25) is 0 Å². The van der Waals surface area contributed by atoms with Gasteiger partial charge in [-0.15, -0.1) is 0 Å². The zero-order valence-corrected chi connectivity index (χ0v) is 16.8. The fourth-order valence-corrected chi connectivity index (χ4v) is 2.80. The first-order valence-corrected chi connectivity index (χ1v) is 9.07. The number of carbonyl (C=O) groups is 2. The summed E-state index contributed by atoms with van der Waals surface area (Å²) in [7, 11) is 1.30. The Hall–Kier alpha value is -1.86. The van der Waals surface area contributed by atoms with Crippen molar-refractivity contribution >= 4 is 43.8 Å². The zero-order valence-electron chi connectivity index (χ0n) is 13.7. The number of methoxy groups -OCH3 is 1. The highest BCUT2D eigenvalue weighted by Gasteiger charge is 2.18. The van der Waals surface area contributed by atoms with Gasteiger partial charge in [0.1, 0.15) is 17.1 Å². The molecule has 0 heterocycles. The number of ether oxygens (including phenoxy) is 3. The summed E-state index contributed by atoms with van der Waals surface area (Å²) in [6, 6.07) is 9.73. The number of hydrogen-bond donors (Lipinski definition) is 0. The SMILES string of the molecule is CCCOc1ccc(Br)cc1C(=O)Oc1ccc(C(=O)OC)cc1Br. The van der Waals surface area contributed by atoms with Gasteiger partial charge in [0.15, 0.2) is 0 Å². The minimum atomic E-state index is -0.557. The second kappa shape index (κ2) is 9.01. The molecule has 2 rings (SSSR count). The molecule has 2 aromatic carbocycles. The van der Waals surface area contributed by atoms with Crippen molar-refractivity contribution in [3.8, 4) is 11.5 Å². The van der Waals surface area contributed by atoms with E-state index in [1.54, 1.807) is 18.2 Å². The molecule has 5 nitrogen and oxygen atoms in total. The first kappa shape index (κ1) is 19.5. The molecule has 0 amide bonds. The lowest BCUT2D eigenvalue weighted by Gasteiger charge is -2.12. The molecule has 0 bridgehead atoms. The van der Waals surface area contributed by atoms with E-state index in [0.717, 1.165) is 10.9 Å². The molecule has 132 valence electrons. The van der Waals surface area contributed by atoms with Crippen molar-refractivity contribution in [3.05, 3.63) is 56.5 Å². The quantitative estimate of drug-likeness (QED) is 0.438. The van der Waals surface area contributed by atoms with Gasteiger partial charge in [-0.2, -0.15) is 0 Å². The molecular formula is C18H16Br2O5. The molecule has 0 aliphatic carbocycles. The second-order valence-corrected chi connectivity index (χ2v) is 6.79. The van der Waals surface area contributed by atoms with Crippen molar-refractivity contribution in [2.45, 2.75) is 13.3 Å². The average Bonchev–Trinajstić information content (AvgIpc) is 2.61. The van der Waals surface area contributed by atoms with Crippen molar-refractivity contribution < 1.29 is 23.8 Å². The molecule has 2 aromatic rings. The van der Waals surface area contributed by atoms with E-state index in [2.05, 4.69) is 36.6 Å². The molecule has 0 fully saturated rings. The van der Waals surface area contributed by atoms with Gasteiger partial charge >= 0.3 is 11.9 Å².